The monoisotopic (exact) mass is 504 g/mol. The lowest BCUT2D eigenvalue weighted by Gasteiger charge is -2.47. The van der Waals surface area contributed by atoms with Gasteiger partial charge in [0.15, 0.2) is 18.7 Å². The third kappa shape index (κ3) is 7.71. The van der Waals surface area contributed by atoms with Crippen LogP contribution in [0.1, 0.15) is 6.92 Å². The third-order valence-corrected chi connectivity index (χ3v) is 4.81. The molecule has 2 aliphatic heterocycles. The molecular weight excluding hydrogens is 474 g/mol. The van der Waals surface area contributed by atoms with E-state index < -0.39 is 79.8 Å². The average Bonchev–Trinajstić information content (AvgIpc) is 2.73. The van der Waals surface area contributed by atoms with Crippen LogP contribution in [0.5, 0.6) is 0 Å². The molecule has 1 amide bonds. The van der Waals surface area contributed by atoms with Gasteiger partial charge < -0.3 is 59.6 Å². The van der Waals surface area contributed by atoms with Crippen LogP contribution in [0.25, 0.3) is 0 Å². The molecule has 0 aromatic heterocycles. The maximum atomic E-state index is 11.6. The van der Waals surface area contributed by atoms with Gasteiger partial charge in [-0.15, -0.1) is 0 Å². The Morgan fingerprint density at radius 2 is 1.58 bits per heavy atom. The molecule has 33 heavy (non-hydrogen) atoms. The first kappa shape index (κ1) is 31.4. The molecule has 0 saturated carbocycles. The topological polar surface area (TPSA) is 231 Å². The maximum Gasteiger partial charge on any atom is 0.414 e. The zero-order chi connectivity index (χ0) is 24.6. The first-order valence-electron chi connectivity index (χ1n) is 9.25. The highest BCUT2D eigenvalue weighted by molar-refractivity contribution is 7.59. The third-order valence-electron chi connectivity index (χ3n) is 4.81. The van der Waals surface area contributed by atoms with Crippen molar-refractivity contribution in [1.82, 2.24) is 5.32 Å². The van der Waals surface area contributed by atoms with Gasteiger partial charge in [-0.3, -0.25) is 4.79 Å². The summed E-state index contributed by atoms with van der Waals surface area (Å²) >= 11 is 0. The summed E-state index contributed by atoms with van der Waals surface area (Å²) in [5.41, 5.74) is 0. The Morgan fingerprint density at radius 3 is 2.00 bits per heavy atom. The van der Waals surface area contributed by atoms with Crippen LogP contribution >= 0.6 is 13.5 Å². The first-order valence-corrected chi connectivity index (χ1v) is 9.25. The highest BCUT2D eigenvalue weighted by Gasteiger charge is 2.53. The molecule has 193 valence electrons. The summed E-state index contributed by atoms with van der Waals surface area (Å²) in [6.07, 6.45) is -13.3. The minimum absolute atomic E-state index is 0. The minimum atomic E-state index is -1.74. The Bertz CT molecular complexity index is 627. The Hall–Kier alpha value is -1.60. The lowest BCUT2D eigenvalue weighted by molar-refractivity contribution is -0.339. The van der Waals surface area contributed by atoms with Crippen molar-refractivity contribution in [2.45, 2.75) is 68.3 Å². The number of carbonyl (C=O) groups is 2. The van der Waals surface area contributed by atoms with Crippen molar-refractivity contribution in [3.05, 3.63) is 0 Å². The summed E-state index contributed by atoms with van der Waals surface area (Å²) in [7, 11) is 2.41. The fraction of sp³-hybridized carbons (Fsp3) is 0.824. The van der Waals surface area contributed by atoms with Crippen LogP contribution in [0.15, 0.2) is 0 Å². The number of hydrogen-bond acceptors (Lipinski definition) is 12. The van der Waals surface area contributed by atoms with E-state index in [0.29, 0.717) is 6.47 Å². The summed E-state index contributed by atoms with van der Waals surface area (Å²) in [5, 5.41) is 59.1. The number of nitrogens with one attached hydrogen (secondary N) is 1. The molecule has 15 nitrogen and oxygen atoms in total. The molecule has 0 bridgehead atoms. The zero-order valence-electron chi connectivity index (χ0n) is 17.9. The predicted molar refractivity (Wildman–Crippen MR) is 109 cm³/mol. The molecule has 10 atom stereocenters. The molecular formula is C17H30NO14S. The molecule has 0 aromatic rings. The quantitative estimate of drug-likeness (QED) is 0.175. The summed E-state index contributed by atoms with van der Waals surface area (Å²) in [5.74, 6) is -1.98. The lowest BCUT2D eigenvalue weighted by Crippen LogP contribution is -2.68. The van der Waals surface area contributed by atoms with Crippen LogP contribution in [0, 0.1) is 0 Å². The van der Waals surface area contributed by atoms with Crippen molar-refractivity contribution in [3.8, 4) is 0 Å². The van der Waals surface area contributed by atoms with E-state index in [2.05, 4.69) is 5.32 Å². The molecule has 0 aliphatic carbocycles. The van der Waals surface area contributed by atoms with Crippen LogP contribution in [0.2, 0.25) is 0 Å². The van der Waals surface area contributed by atoms with E-state index in [4.69, 9.17) is 33.6 Å². The predicted octanol–water partition coefficient (Wildman–Crippen LogP) is -4.13. The fourth-order valence-corrected chi connectivity index (χ4v) is 3.39. The molecule has 16 heteroatoms. The Labute approximate surface area is 195 Å². The summed E-state index contributed by atoms with van der Waals surface area (Å²) in [4.78, 5) is 31.3. The Balaban J connectivity index is 0.00000242. The van der Waals surface area contributed by atoms with E-state index in [0.717, 1.165) is 7.11 Å². The number of carboxylic acid groups (broad SMARTS) is 1. The second-order valence-electron chi connectivity index (χ2n) is 6.81. The van der Waals surface area contributed by atoms with Gasteiger partial charge in [0, 0.05) is 21.1 Å². The molecule has 0 unspecified atom stereocenters. The Morgan fingerprint density at radius 1 is 1.00 bits per heavy atom. The number of methoxy groups -OCH3 is 2. The van der Waals surface area contributed by atoms with Gasteiger partial charge in [-0.1, -0.05) is 0 Å². The maximum absolute atomic E-state index is 11.6. The highest BCUT2D eigenvalue weighted by Crippen LogP contribution is 2.30. The SMILES string of the molecule is CO[C@@H]1O[C@H](CO)[C@@H](O)[C@H](O[C@H]2O[C@H](C(=O)O)[C@@H](OC)[C@H](O)[C@H]2O)[C@H]1NC(C)=O.O=[C]O.S. The number of carboxylic acids is 1. The molecule has 2 fully saturated rings. The number of aliphatic hydroxyl groups excluding tert-OH is 5. The molecule has 2 rings (SSSR count). The second-order valence-corrected chi connectivity index (χ2v) is 6.81. The van der Waals surface area contributed by atoms with E-state index in [9.17, 15) is 35.1 Å². The second kappa shape index (κ2) is 14.6. The summed E-state index contributed by atoms with van der Waals surface area (Å²) in [6.45, 7) is 1.08. The lowest BCUT2D eigenvalue weighted by atomic mass is 9.95. The molecule has 2 aliphatic rings. The smallest absolute Gasteiger partial charge is 0.414 e. The zero-order valence-corrected chi connectivity index (χ0v) is 18.9. The van der Waals surface area contributed by atoms with Gasteiger partial charge in [0.2, 0.25) is 5.91 Å². The molecule has 0 aromatic carbocycles. The van der Waals surface area contributed by atoms with Gasteiger partial charge in [0.25, 0.3) is 0 Å². The normalized spacial score (nSPS) is 38.2. The first-order chi connectivity index (χ1) is 15.1. The average molecular weight is 504 g/mol. The van der Waals surface area contributed by atoms with Gasteiger partial charge >= 0.3 is 12.4 Å². The van der Waals surface area contributed by atoms with E-state index in [1.165, 1.54) is 14.0 Å². The van der Waals surface area contributed by atoms with Crippen molar-refractivity contribution >= 4 is 31.8 Å². The van der Waals surface area contributed by atoms with Gasteiger partial charge in [-0.2, -0.15) is 13.5 Å². The van der Waals surface area contributed by atoms with Crippen LogP contribution in [-0.2, 0) is 38.1 Å². The minimum Gasteiger partial charge on any atom is -0.479 e. The van der Waals surface area contributed by atoms with Gasteiger partial charge in [0.1, 0.15) is 42.7 Å². The highest BCUT2D eigenvalue weighted by atomic mass is 32.1. The van der Waals surface area contributed by atoms with Crippen molar-refractivity contribution in [2.24, 2.45) is 0 Å². The molecule has 0 spiro atoms. The molecule has 2 heterocycles. The van der Waals surface area contributed by atoms with E-state index >= 15 is 0 Å². The van der Waals surface area contributed by atoms with Gasteiger partial charge in [-0.05, 0) is 0 Å². The number of rotatable bonds is 7. The number of aliphatic hydroxyl groups is 4. The van der Waals surface area contributed by atoms with Crippen LogP contribution in [0.4, 0.5) is 0 Å². The summed E-state index contributed by atoms with van der Waals surface area (Å²) in [6, 6.07) is -1.10. The summed E-state index contributed by atoms with van der Waals surface area (Å²) < 4.78 is 26.3. The number of ether oxygens (including phenoxy) is 5. The van der Waals surface area contributed by atoms with Crippen molar-refractivity contribution in [1.29, 1.82) is 0 Å². The van der Waals surface area contributed by atoms with Crippen LogP contribution in [0.3, 0.4) is 0 Å². The van der Waals surface area contributed by atoms with Crippen LogP contribution < -0.4 is 5.32 Å². The Kier molecular flexibility index (Phi) is 13.9. The van der Waals surface area contributed by atoms with E-state index in [1.54, 1.807) is 0 Å². The van der Waals surface area contributed by atoms with E-state index in [1.807, 2.05) is 0 Å². The van der Waals surface area contributed by atoms with Crippen molar-refractivity contribution in [2.75, 3.05) is 20.8 Å². The molecule has 1 radical (unpaired) electrons. The molecule has 2 saturated heterocycles. The largest absolute Gasteiger partial charge is 0.479 e. The van der Waals surface area contributed by atoms with Gasteiger partial charge in [-0.25, -0.2) is 9.59 Å². The number of carbonyl (C=O) groups excluding carboxylic acids is 1. The van der Waals surface area contributed by atoms with Gasteiger partial charge in [0.05, 0.1) is 6.61 Å². The number of hydrogen-bond donors (Lipinski definition) is 7. The number of aliphatic carboxylic acids is 1. The molecule has 7 N–H and O–H groups in total. The number of amides is 1. The van der Waals surface area contributed by atoms with Crippen LogP contribution in [-0.4, -0.2) is 131 Å². The van der Waals surface area contributed by atoms with Crippen molar-refractivity contribution in [3.63, 3.8) is 0 Å². The van der Waals surface area contributed by atoms with E-state index in [-0.39, 0.29) is 13.5 Å². The fourth-order valence-electron chi connectivity index (χ4n) is 3.39. The van der Waals surface area contributed by atoms with Crippen molar-refractivity contribution < 1.29 is 68.7 Å². The standard InChI is InChI=1S/C16H27NO12.CHO2.H2S/c1-5(19)17-7-11(8(20)6(4-18)27-15(7)26-3)28-16-10(22)9(21)12(25-2)13(29-16)14(23)24;2-1-3;/h6-13,15-16,18,20-22H,4H2,1-3H3,(H,17,19)(H,23,24);(H,2,3);1H2/t6-,7-,8-,9-,10-,11-,12+,13+,15-,16+;;/m1../s1.